The number of hydrogen-bond acceptors (Lipinski definition) is 4. The van der Waals surface area contributed by atoms with Crippen LogP contribution in [0.2, 0.25) is 0 Å². The Morgan fingerprint density at radius 3 is 2.38 bits per heavy atom. The van der Waals surface area contributed by atoms with E-state index in [1.165, 1.54) is 19.3 Å². The van der Waals surface area contributed by atoms with E-state index in [0.717, 1.165) is 43.0 Å². The van der Waals surface area contributed by atoms with Crippen LogP contribution in [-0.4, -0.2) is 13.0 Å². The zero-order chi connectivity index (χ0) is 18.3. The number of hydrogen-bond donors (Lipinski definition) is 1. The average molecular weight is 386 g/mol. The smallest absolute Gasteiger partial charge is 0.872 e. The fourth-order valence-corrected chi connectivity index (χ4v) is 3.22. The summed E-state index contributed by atoms with van der Waals surface area (Å²) in [6.07, 6.45) is 6.51. The molecule has 0 aliphatic rings. The molecule has 0 fully saturated rings. The second-order valence-corrected chi connectivity index (χ2v) is 7.35. The summed E-state index contributed by atoms with van der Waals surface area (Å²) in [6.45, 7) is 2.17. The SMILES string of the molecule is CCCCCCCc1ccccc1Oc1cc([O-])ccc1S(=O)(=O)O.[Na+]. The molecule has 0 saturated heterocycles. The summed E-state index contributed by atoms with van der Waals surface area (Å²) in [5.74, 6) is -0.0543. The molecule has 0 saturated carbocycles. The molecule has 0 amide bonds. The van der Waals surface area contributed by atoms with Crippen molar-refractivity contribution in [2.45, 2.75) is 50.3 Å². The van der Waals surface area contributed by atoms with Crippen LogP contribution in [0.3, 0.4) is 0 Å². The number of benzene rings is 2. The molecule has 2 rings (SSSR count). The Labute approximate surface area is 177 Å². The van der Waals surface area contributed by atoms with Gasteiger partial charge in [-0.25, -0.2) is 0 Å². The fraction of sp³-hybridized carbons (Fsp3) is 0.368. The molecular formula is C19H23NaO5S. The monoisotopic (exact) mass is 386 g/mol. The van der Waals surface area contributed by atoms with Gasteiger partial charge in [0.05, 0.1) is 0 Å². The predicted molar refractivity (Wildman–Crippen MR) is 94.7 cm³/mol. The molecule has 0 aromatic heterocycles. The van der Waals surface area contributed by atoms with Gasteiger partial charge in [-0.1, -0.05) is 56.9 Å². The Balaban J connectivity index is 0.00000338. The second kappa shape index (κ2) is 10.9. The summed E-state index contributed by atoms with van der Waals surface area (Å²) in [5.41, 5.74) is 0.941. The molecular weight excluding hydrogens is 363 g/mol. The van der Waals surface area contributed by atoms with Crippen molar-refractivity contribution in [2.24, 2.45) is 0 Å². The molecule has 0 spiro atoms. The largest absolute Gasteiger partial charge is 1.00 e. The Kier molecular flexibility index (Phi) is 9.68. The van der Waals surface area contributed by atoms with Crippen molar-refractivity contribution in [3.05, 3.63) is 48.0 Å². The Morgan fingerprint density at radius 2 is 1.69 bits per heavy atom. The molecule has 2 aromatic rings. The van der Waals surface area contributed by atoms with Crippen molar-refractivity contribution in [2.75, 3.05) is 0 Å². The van der Waals surface area contributed by atoms with Gasteiger partial charge >= 0.3 is 29.6 Å². The summed E-state index contributed by atoms with van der Waals surface area (Å²) in [7, 11) is -4.47. The quantitative estimate of drug-likeness (QED) is 0.399. The van der Waals surface area contributed by atoms with Gasteiger partial charge in [-0.15, -0.1) is 5.75 Å². The molecule has 1 N–H and O–H groups in total. The molecule has 0 heterocycles. The topological polar surface area (TPSA) is 86.7 Å². The van der Waals surface area contributed by atoms with Crippen LogP contribution in [0.1, 0.15) is 44.6 Å². The van der Waals surface area contributed by atoms with Crippen LogP contribution in [-0.2, 0) is 16.5 Å². The summed E-state index contributed by atoms with van der Waals surface area (Å²) >= 11 is 0. The van der Waals surface area contributed by atoms with Gasteiger partial charge in [0.2, 0.25) is 0 Å². The minimum atomic E-state index is -4.47. The number of unbranched alkanes of at least 4 members (excludes halogenated alkanes) is 4. The van der Waals surface area contributed by atoms with Crippen LogP contribution in [0.25, 0.3) is 0 Å². The third-order valence-electron chi connectivity index (χ3n) is 3.94. The number of rotatable bonds is 9. The molecule has 2 aromatic carbocycles. The summed E-state index contributed by atoms with van der Waals surface area (Å²) in [5, 5.41) is 11.6. The standard InChI is InChI=1S/C19H24O5S.Na/c1-2-3-4-5-6-9-15-10-7-8-11-17(15)24-18-14-16(20)12-13-19(18)25(21,22)23;/h7-8,10-14,20H,2-6,9H2,1H3,(H,21,22,23);/q;+1/p-1. The first-order valence-corrected chi connectivity index (χ1v) is 9.90. The van der Waals surface area contributed by atoms with E-state index >= 15 is 0 Å². The van der Waals surface area contributed by atoms with Crippen LogP contribution in [0, 0.1) is 0 Å². The van der Waals surface area contributed by atoms with Gasteiger partial charge in [0.25, 0.3) is 10.1 Å². The van der Waals surface area contributed by atoms with Crippen molar-refractivity contribution in [3.63, 3.8) is 0 Å². The minimum absolute atomic E-state index is 0. The number of ether oxygens (including phenoxy) is 1. The van der Waals surface area contributed by atoms with Crippen molar-refractivity contribution in [1.82, 2.24) is 0 Å². The maximum absolute atomic E-state index is 11.6. The number of aryl methyl sites for hydroxylation is 1. The predicted octanol–water partition coefficient (Wildman–Crippen LogP) is 1.32. The van der Waals surface area contributed by atoms with Crippen LogP contribution in [0.4, 0.5) is 0 Å². The van der Waals surface area contributed by atoms with Gasteiger partial charge in [0.15, 0.2) is 0 Å². The van der Waals surface area contributed by atoms with Crippen LogP contribution in [0.15, 0.2) is 47.4 Å². The van der Waals surface area contributed by atoms with Gasteiger partial charge in [0, 0.05) is 0 Å². The third kappa shape index (κ3) is 6.93. The van der Waals surface area contributed by atoms with E-state index in [2.05, 4.69) is 6.92 Å². The normalized spacial score (nSPS) is 11.0. The van der Waals surface area contributed by atoms with E-state index in [1.807, 2.05) is 12.1 Å². The molecule has 0 unspecified atom stereocenters. The Hall–Kier alpha value is -1.05. The molecule has 0 aliphatic heterocycles. The first kappa shape index (κ1) is 23.0. The van der Waals surface area contributed by atoms with E-state index in [-0.39, 0.29) is 41.1 Å². The maximum Gasteiger partial charge on any atom is 1.00 e. The molecule has 0 radical (unpaired) electrons. The van der Waals surface area contributed by atoms with E-state index in [1.54, 1.807) is 12.1 Å². The molecule has 7 heteroatoms. The van der Waals surface area contributed by atoms with Gasteiger partial charge in [-0.3, -0.25) is 4.55 Å². The van der Waals surface area contributed by atoms with Crippen molar-refractivity contribution < 1.29 is 52.4 Å². The maximum atomic E-state index is 11.6. The number of para-hydroxylation sites is 1. The van der Waals surface area contributed by atoms with Gasteiger partial charge < -0.3 is 9.84 Å². The molecule has 26 heavy (non-hydrogen) atoms. The third-order valence-corrected chi connectivity index (χ3v) is 4.83. The minimum Gasteiger partial charge on any atom is -0.872 e. The Bertz CT molecular complexity index is 805. The van der Waals surface area contributed by atoms with Gasteiger partial charge in [-0.05, 0) is 36.6 Å². The summed E-state index contributed by atoms with van der Waals surface area (Å²) in [4.78, 5) is -0.412. The van der Waals surface area contributed by atoms with Gasteiger partial charge in [-0.2, -0.15) is 8.42 Å². The average Bonchev–Trinajstić information content (AvgIpc) is 2.55. The van der Waals surface area contributed by atoms with E-state index in [9.17, 15) is 18.1 Å². The van der Waals surface area contributed by atoms with Crippen LogP contribution in [0.5, 0.6) is 17.2 Å². The first-order valence-electron chi connectivity index (χ1n) is 8.46. The van der Waals surface area contributed by atoms with E-state index in [4.69, 9.17) is 4.74 Å². The van der Waals surface area contributed by atoms with E-state index in [0.29, 0.717) is 5.75 Å². The van der Waals surface area contributed by atoms with E-state index < -0.39 is 15.0 Å². The van der Waals surface area contributed by atoms with Crippen molar-refractivity contribution >= 4 is 10.1 Å². The summed E-state index contributed by atoms with van der Waals surface area (Å²) < 4.78 is 38.0. The van der Waals surface area contributed by atoms with Crippen LogP contribution < -0.4 is 39.4 Å². The summed E-state index contributed by atoms with van der Waals surface area (Å²) in [6, 6.07) is 10.5. The zero-order valence-electron chi connectivity index (χ0n) is 15.3. The Morgan fingerprint density at radius 1 is 1.00 bits per heavy atom. The van der Waals surface area contributed by atoms with Crippen LogP contribution >= 0.6 is 0 Å². The van der Waals surface area contributed by atoms with Crippen molar-refractivity contribution in [1.29, 1.82) is 0 Å². The zero-order valence-corrected chi connectivity index (χ0v) is 18.1. The molecule has 5 nitrogen and oxygen atoms in total. The molecule has 136 valence electrons. The first-order chi connectivity index (χ1) is 11.9. The molecule has 0 aliphatic carbocycles. The molecule has 0 bridgehead atoms. The van der Waals surface area contributed by atoms with Gasteiger partial charge in [0.1, 0.15) is 16.4 Å². The van der Waals surface area contributed by atoms with Crippen molar-refractivity contribution in [3.8, 4) is 17.2 Å². The molecule has 0 atom stereocenters. The second-order valence-electron chi connectivity index (χ2n) is 5.96. The fourth-order valence-electron chi connectivity index (χ4n) is 2.63.